The zero-order chi connectivity index (χ0) is 18.7. The van der Waals surface area contributed by atoms with Crippen LogP contribution in [0.15, 0.2) is 51.8 Å². The van der Waals surface area contributed by atoms with Crippen LogP contribution in [0.5, 0.6) is 0 Å². The van der Waals surface area contributed by atoms with Gasteiger partial charge in [0.25, 0.3) is 5.56 Å². The molecule has 7 nitrogen and oxygen atoms in total. The number of pyridine rings is 1. The third-order valence-corrected chi connectivity index (χ3v) is 3.90. The van der Waals surface area contributed by atoms with Gasteiger partial charge in [-0.25, -0.2) is 0 Å². The minimum absolute atomic E-state index is 0.105. The van der Waals surface area contributed by atoms with Crippen molar-refractivity contribution >= 4 is 11.6 Å². The van der Waals surface area contributed by atoms with Gasteiger partial charge in [-0.15, -0.1) is 10.2 Å². The van der Waals surface area contributed by atoms with Crippen molar-refractivity contribution in [1.29, 1.82) is 0 Å². The van der Waals surface area contributed by atoms with E-state index in [9.17, 15) is 9.59 Å². The molecule has 3 rings (SSSR count). The van der Waals surface area contributed by atoms with Crippen LogP contribution in [0.2, 0.25) is 0 Å². The maximum absolute atomic E-state index is 12.3. The number of carbonyl (C=O) groups excluding carboxylic acids is 1. The van der Waals surface area contributed by atoms with Crippen molar-refractivity contribution in [2.24, 2.45) is 0 Å². The van der Waals surface area contributed by atoms with E-state index in [4.69, 9.17) is 4.42 Å². The lowest BCUT2D eigenvalue weighted by molar-refractivity contribution is -0.116. The molecule has 3 aromatic rings. The second kappa shape index (κ2) is 7.35. The summed E-state index contributed by atoms with van der Waals surface area (Å²) in [7, 11) is 0. The molecule has 2 heterocycles. The Labute approximate surface area is 150 Å². The fourth-order valence-corrected chi connectivity index (χ4v) is 2.42. The van der Waals surface area contributed by atoms with Crippen molar-refractivity contribution in [3.8, 4) is 11.5 Å². The van der Waals surface area contributed by atoms with E-state index in [0.29, 0.717) is 17.3 Å². The molecular formula is C19H20N4O3. The van der Waals surface area contributed by atoms with Gasteiger partial charge in [-0.1, -0.05) is 32.0 Å². The average molecular weight is 352 g/mol. The summed E-state index contributed by atoms with van der Waals surface area (Å²) in [6.45, 7) is 5.71. The van der Waals surface area contributed by atoms with Crippen LogP contribution >= 0.6 is 0 Å². The Hall–Kier alpha value is -3.22. The molecule has 1 amide bonds. The highest BCUT2D eigenvalue weighted by Crippen LogP contribution is 2.20. The van der Waals surface area contributed by atoms with E-state index in [1.807, 2.05) is 45.0 Å². The number of carbonyl (C=O) groups is 1. The Morgan fingerprint density at radius 3 is 2.65 bits per heavy atom. The number of para-hydroxylation sites is 1. The van der Waals surface area contributed by atoms with Gasteiger partial charge in [0.1, 0.15) is 6.54 Å². The van der Waals surface area contributed by atoms with E-state index in [1.165, 1.54) is 10.6 Å². The summed E-state index contributed by atoms with van der Waals surface area (Å²) in [6, 6.07) is 10.5. The van der Waals surface area contributed by atoms with Crippen LogP contribution in [0.1, 0.15) is 31.2 Å². The van der Waals surface area contributed by atoms with Gasteiger partial charge in [-0.3, -0.25) is 9.59 Å². The number of anilines is 1. The molecule has 1 N–H and O–H groups in total. The van der Waals surface area contributed by atoms with Crippen molar-refractivity contribution in [2.75, 3.05) is 5.32 Å². The van der Waals surface area contributed by atoms with E-state index < -0.39 is 0 Å². The third kappa shape index (κ3) is 3.88. The van der Waals surface area contributed by atoms with Gasteiger partial charge < -0.3 is 14.3 Å². The van der Waals surface area contributed by atoms with Crippen LogP contribution < -0.4 is 10.9 Å². The van der Waals surface area contributed by atoms with Crippen LogP contribution in [-0.4, -0.2) is 20.7 Å². The first-order chi connectivity index (χ1) is 12.4. The van der Waals surface area contributed by atoms with Crippen molar-refractivity contribution in [3.63, 3.8) is 0 Å². The molecule has 0 unspecified atom stereocenters. The van der Waals surface area contributed by atoms with Crippen LogP contribution in [0.4, 0.5) is 5.69 Å². The van der Waals surface area contributed by atoms with Crippen molar-refractivity contribution in [1.82, 2.24) is 14.8 Å². The second-order valence-corrected chi connectivity index (χ2v) is 6.35. The number of rotatable bonds is 5. The third-order valence-electron chi connectivity index (χ3n) is 3.90. The van der Waals surface area contributed by atoms with Gasteiger partial charge in [-0.05, 0) is 24.6 Å². The Morgan fingerprint density at radius 2 is 1.96 bits per heavy atom. The Bertz CT molecular complexity index is 988. The van der Waals surface area contributed by atoms with Crippen LogP contribution in [-0.2, 0) is 11.3 Å². The lowest BCUT2D eigenvalue weighted by atomic mass is 10.2. The summed E-state index contributed by atoms with van der Waals surface area (Å²) >= 11 is 0. The lowest BCUT2D eigenvalue weighted by Crippen LogP contribution is -2.27. The number of aryl methyl sites for hydroxylation is 1. The predicted octanol–water partition coefficient (Wildman–Crippen LogP) is 2.97. The minimum Gasteiger partial charge on any atom is -0.420 e. The summed E-state index contributed by atoms with van der Waals surface area (Å²) in [5.41, 5.74) is 1.99. The summed E-state index contributed by atoms with van der Waals surface area (Å²) in [5, 5.41) is 10.8. The van der Waals surface area contributed by atoms with Gasteiger partial charge in [0.2, 0.25) is 17.7 Å². The molecule has 0 aliphatic heterocycles. The number of nitrogens with zero attached hydrogens (tertiary/aromatic N) is 3. The first kappa shape index (κ1) is 17.6. The average Bonchev–Trinajstić information content (AvgIpc) is 3.09. The van der Waals surface area contributed by atoms with E-state index in [1.54, 1.807) is 12.3 Å². The van der Waals surface area contributed by atoms with Crippen molar-refractivity contribution in [3.05, 3.63) is 64.4 Å². The van der Waals surface area contributed by atoms with Crippen LogP contribution in [0.3, 0.4) is 0 Å². The van der Waals surface area contributed by atoms with Gasteiger partial charge >= 0.3 is 0 Å². The summed E-state index contributed by atoms with van der Waals surface area (Å²) in [6.07, 6.45) is 1.55. The number of aromatic nitrogens is 3. The lowest BCUT2D eigenvalue weighted by Gasteiger charge is -2.10. The number of benzene rings is 1. The maximum Gasteiger partial charge on any atom is 0.251 e. The second-order valence-electron chi connectivity index (χ2n) is 6.35. The molecule has 7 heteroatoms. The largest absolute Gasteiger partial charge is 0.420 e. The summed E-state index contributed by atoms with van der Waals surface area (Å²) < 4.78 is 6.93. The molecule has 0 atom stereocenters. The number of hydrogen-bond acceptors (Lipinski definition) is 5. The molecule has 0 aliphatic carbocycles. The van der Waals surface area contributed by atoms with Crippen molar-refractivity contribution < 1.29 is 9.21 Å². The topological polar surface area (TPSA) is 90.0 Å². The molecule has 2 aromatic heterocycles. The van der Waals surface area contributed by atoms with E-state index in [-0.39, 0.29) is 23.9 Å². The fourth-order valence-electron chi connectivity index (χ4n) is 2.42. The zero-order valence-electron chi connectivity index (χ0n) is 14.9. The SMILES string of the molecule is Cc1ccccc1NC(=O)Cn1cc(-c2nnc(C(C)C)o2)ccc1=O. The highest BCUT2D eigenvalue weighted by Gasteiger charge is 2.13. The van der Waals surface area contributed by atoms with E-state index in [2.05, 4.69) is 15.5 Å². The monoisotopic (exact) mass is 352 g/mol. The first-order valence-electron chi connectivity index (χ1n) is 8.34. The molecule has 0 aliphatic rings. The first-order valence-corrected chi connectivity index (χ1v) is 8.34. The zero-order valence-corrected chi connectivity index (χ0v) is 14.9. The molecule has 134 valence electrons. The molecule has 0 saturated carbocycles. The van der Waals surface area contributed by atoms with Gasteiger partial charge in [0.05, 0.1) is 5.56 Å². The van der Waals surface area contributed by atoms with E-state index in [0.717, 1.165) is 11.3 Å². The highest BCUT2D eigenvalue weighted by atomic mass is 16.4. The molecule has 0 bridgehead atoms. The molecule has 26 heavy (non-hydrogen) atoms. The van der Waals surface area contributed by atoms with Gasteiger partial charge in [0.15, 0.2) is 0 Å². The molecule has 0 fully saturated rings. The molecule has 0 saturated heterocycles. The molecular weight excluding hydrogens is 332 g/mol. The normalized spacial score (nSPS) is 10.9. The molecule has 0 spiro atoms. The van der Waals surface area contributed by atoms with Crippen LogP contribution in [0, 0.1) is 6.92 Å². The fraction of sp³-hybridized carbons (Fsp3) is 0.263. The minimum atomic E-state index is -0.285. The molecule has 1 aromatic carbocycles. The Kier molecular flexibility index (Phi) is 4.97. The number of nitrogens with one attached hydrogen (secondary N) is 1. The van der Waals surface area contributed by atoms with Gasteiger partial charge in [0, 0.05) is 23.9 Å². The number of amides is 1. The standard InChI is InChI=1S/C19H20N4O3/c1-12(2)18-21-22-19(26-18)14-8-9-17(25)23(10-14)11-16(24)20-15-7-5-4-6-13(15)3/h4-10,12H,11H2,1-3H3,(H,20,24). The van der Waals surface area contributed by atoms with Crippen LogP contribution in [0.25, 0.3) is 11.5 Å². The quantitative estimate of drug-likeness (QED) is 0.762. The number of hydrogen-bond donors (Lipinski definition) is 1. The molecule has 0 radical (unpaired) electrons. The van der Waals surface area contributed by atoms with Gasteiger partial charge in [-0.2, -0.15) is 0 Å². The smallest absolute Gasteiger partial charge is 0.251 e. The summed E-state index contributed by atoms with van der Waals surface area (Å²) in [5.74, 6) is 0.672. The highest BCUT2D eigenvalue weighted by molar-refractivity contribution is 5.91. The van der Waals surface area contributed by atoms with Crippen molar-refractivity contribution in [2.45, 2.75) is 33.2 Å². The predicted molar refractivity (Wildman–Crippen MR) is 97.9 cm³/mol. The Morgan fingerprint density at radius 1 is 1.19 bits per heavy atom. The Balaban J connectivity index is 1.80. The summed E-state index contributed by atoms with van der Waals surface area (Å²) in [4.78, 5) is 24.4. The van der Waals surface area contributed by atoms with E-state index >= 15 is 0 Å². The maximum atomic E-state index is 12.3.